The summed E-state index contributed by atoms with van der Waals surface area (Å²) in [6.07, 6.45) is 0. The van der Waals surface area contributed by atoms with E-state index in [0.717, 1.165) is 35.7 Å². The average Bonchev–Trinajstić information content (AvgIpc) is 3.04. The Morgan fingerprint density at radius 3 is 2.77 bits per heavy atom. The van der Waals surface area contributed by atoms with Crippen molar-refractivity contribution in [3.05, 3.63) is 23.1 Å². The number of aromatic nitrogens is 4. The number of carbonyl (C=O) groups excluding carboxylic acids is 1. The number of aryl methyl sites for hydroxylation is 2. The largest absolute Gasteiger partial charge is 0.349 e. The van der Waals surface area contributed by atoms with Crippen molar-refractivity contribution in [2.24, 2.45) is 7.05 Å². The molecular weight excluding hydrogens is 280 g/mol. The second-order valence-corrected chi connectivity index (χ2v) is 5.49. The number of rotatable bonds is 6. The Morgan fingerprint density at radius 1 is 1.45 bits per heavy atom. The molecule has 0 aliphatic heterocycles. The lowest BCUT2D eigenvalue weighted by atomic mass is 10.1. The molecule has 0 saturated carbocycles. The van der Waals surface area contributed by atoms with E-state index in [2.05, 4.69) is 32.4 Å². The smallest absolute Gasteiger partial charge is 0.269 e. The molecule has 0 atom stereocenters. The third-order valence-corrected chi connectivity index (χ3v) is 3.91. The van der Waals surface area contributed by atoms with E-state index in [4.69, 9.17) is 0 Å². The van der Waals surface area contributed by atoms with Crippen molar-refractivity contribution in [3.63, 3.8) is 0 Å². The summed E-state index contributed by atoms with van der Waals surface area (Å²) in [5, 5.41) is 14.3. The van der Waals surface area contributed by atoms with Crippen LogP contribution >= 0.6 is 0 Å². The molecule has 0 aromatic carbocycles. The molecule has 7 nitrogen and oxygen atoms in total. The molecule has 120 valence electrons. The maximum Gasteiger partial charge on any atom is 0.269 e. The minimum Gasteiger partial charge on any atom is -0.349 e. The number of nitrogens with one attached hydrogen (secondary N) is 2. The number of aromatic amines is 1. The van der Waals surface area contributed by atoms with E-state index in [1.165, 1.54) is 0 Å². The Bertz CT molecular complexity index is 657. The summed E-state index contributed by atoms with van der Waals surface area (Å²) in [7, 11) is 3.92. The van der Waals surface area contributed by atoms with Gasteiger partial charge in [-0.1, -0.05) is 6.92 Å². The fraction of sp³-hybridized carbons (Fsp3) is 0.533. The molecule has 1 amide bonds. The first kappa shape index (κ1) is 16.2. The Morgan fingerprint density at radius 2 is 2.18 bits per heavy atom. The van der Waals surface area contributed by atoms with Crippen LogP contribution in [0.3, 0.4) is 0 Å². The van der Waals surface area contributed by atoms with Crippen LogP contribution in [-0.4, -0.2) is 57.5 Å². The molecule has 0 bridgehead atoms. The molecule has 0 saturated heterocycles. The Kier molecular flexibility index (Phi) is 4.97. The van der Waals surface area contributed by atoms with Gasteiger partial charge in [0.05, 0.1) is 11.4 Å². The van der Waals surface area contributed by atoms with Gasteiger partial charge in [0, 0.05) is 31.4 Å². The highest BCUT2D eigenvalue weighted by molar-refractivity contribution is 5.93. The van der Waals surface area contributed by atoms with Crippen LogP contribution in [0.5, 0.6) is 0 Å². The molecule has 0 aliphatic carbocycles. The number of likely N-dealkylation sites (N-methyl/N-ethyl adjacent to an activating group) is 1. The topological polar surface area (TPSA) is 78.8 Å². The maximum absolute atomic E-state index is 12.1. The number of H-pyrrole nitrogens is 1. The SMILES string of the molecule is CCN(C)CCNC(=O)c1cc(-c2c(C)nn(C)c2C)n[nH]1. The van der Waals surface area contributed by atoms with Gasteiger partial charge in [0.1, 0.15) is 5.69 Å². The number of hydrogen-bond acceptors (Lipinski definition) is 4. The van der Waals surface area contributed by atoms with E-state index in [1.54, 1.807) is 6.07 Å². The second-order valence-electron chi connectivity index (χ2n) is 5.49. The maximum atomic E-state index is 12.1. The van der Waals surface area contributed by atoms with Gasteiger partial charge in [-0.2, -0.15) is 10.2 Å². The van der Waals surface area contributed by atoms with Crippen LogP contribution in [0.25, 0.3) is 11.3 Å². The predicted molar refractivity (Wildman–Crippen MR) is 85.8 cm³/mol. The van der Waals surface area contributed by atoms with Crippen LogP contribution in [0.15, 0.2) is 6.07 Å². The van der Waals surface area contributed by atoms with Gasteiger partial charge in [-0.3, -0.25) is 14.6 Å². The van der Waals surface area contributed by atoms with Gasteiger partial charge < -0.3 is 10.2 Å². The Labute approximate surface area is 130 Å². The summed E-state index contributed by atoms with van der Waals surface area (Å²) >= 11 is 0. The lowest BCUT2D eigenvalue weighted by Gasteiger charge is -2.13. The normalized spacial score (nSPS) is 11.2. The van der Waals surface area contributed by atoms with Crippen LogP contribution in [-0.2, 0) is 7.05 Å². The third kappa shape index (κ3) is 3.36. The fourth-order valence-corrected chi connectivity index (χ4v) is 2.32. The standard InChI is InChI=1S/C15H24N6O/c1-6-20(4)8-7-16-15(22)13-9-12(17-18-13)14-10(2)19-21(5)11(14)3/h9H,6-8H2,1-5H3,(H,16,22)(H,17,18). The van der Waals surface area contributed by atoms with Crippen molar-refractivity contribution >= 4 is 5.91 Å². The van der Waals surface area contributed by atoms with Gasteiger partial charge in [0.15, 0.2) is 0 Å². The molecule has 2 N–H and O–H groups in total. The lowest BCUT2D eigenvalue weighted by molar-refractivity contribution is 0.0945. The van der Waals surface area contributed by atoms with Gasteiger partial charge in [-0.15, -0.1) is 0 Å². The highest BCUT2D eigenvalue weighted by atomic mass is 16.1. The van der Waals surface area contributed by atoms with Crippen LogP contribution < -0.4 is 5.32 Å². The summed E-state index contributed by atoms with van der Waals surface area (Å²) in [4.78, 5) is 14.3. The Hall–Kier alpha value is -2.15. The summed E-state index contributed by atoms with van der Waals surface area (Å²) < 4.78 is 1.82. The average molecular weight is 304 g/mol. The van der Waals surface area contributed by atoms with Crippen LogP contribution in [0.2, 0.25) is 0 Å². The molecule has 0 radical (unpaired) electrons. The lowest BCUT2D eigenvalue weighted by Crippen LogP contribution is -2.33. The molecule has 2 aromatic rings. The number of carbonyl (C=O) groups is 1. The zero-order valence-electron chi connectivity index (χ0n) is 13.9. The van der Waals surface area contributed by atoms with E-state index >= 15 is 0 Å². The third-order valence-electron chi connectivity index (χ3n) is 3.91. The van der Waals surface area contributed by atoms with Crippen molar-refractivity contribution in [3.8, 4) is 11.3 Å². The van der Waals surface area contributed by atoms with Gasteiger partial charge in [-0.25, -0.2) is 0 Å². The fourth-order valence-electron chi connectivity index (χ4n) is 2.32. The van der Waals surface area contributed by atoms with Gasteiger partial charge >= 0.3 is 0 Å². The Balaban J connectivity index is 2.06. The monoisotopic (exact) mass is 304 g/mol. The van der Waals surface area contributed by atoms with E-state index < -0.39 is 0 Å². The molecule has 7 heteroatoms. The van der Waals surface area contributed by atoms with E-state index in [0.29, 0.717) is 12.2 Å². The zero-order chi connectivity index (χ0) is 16.3. The van der Waals surface area contributed by atoms with Gasteiger partial charge in [0.25, 0.3) is 5.91 Å². The zero-order valence-corrected chi connectivity index (χ0v) is 13.9. The predicted octanol–water partition coefficient (Wildman–Crippen LogP) is 1.11. The highest BCUT2D eigenvalue weighted by Crippen LogP contribution is 2.24. The van der Waals surface area contributed by atoms with E-state index in [-0.39, 0.29) is 5.91 Å². The molecule has 0 unspecified atom stereocenters. The summed E-state index contributed by atoms with van der Waals surface area (Å²) in [6.45, 7) is 8.42. The first-order valence-corrected chi connectivity index (χ1v) is 7.46. The summed E-state index contributed by atoms with van der Waals surface area (Å²) in [5.74, 6) is -0.137. The van der Waals surface area contributed by atoms with E-state index in [1.807, 2.05) is 32.6 Å². The minimum atomic E-state index is -0.137. The first-order valence-electron chi connectivity index (χ1n) is 7.46. The van der Waals surface area contributed by atoms with E-state index in [9.17, 15) is 4.79 Å². The summed E-state index contributed by atoms with van der Waals surface area (Å²) in [5.41, 5.74) is 4.13. The molecule has 2 rings (SSSR count). The van der Waals surface area contributed by atoms with Gasteiger partial charge in [-0.05, 0) is 33.5 Å². The number of nitrogens with zero attached hydrogens (tertiary/aromatic N) is 4. The highest BCUT2D eigenvalue weighted by Gasteiger charge is 2.16. The second kappa shape index (κ2) is 6.74. The number of hydrogen-bond donors (Lipinski definition) is 2. The first-order chi connectivity index (χ1) is 10.4. The molecule has 2 aromatic heterocycles. The van der Waals surface area contributed by atoms with Crippen LogP contribution in [0.4, 0.5) is 0 Å². The van der Waals surface area contributed by atoms with Crippen molar-refractivity contribution < 1.29 is 4.79 Å². The quantitative estimate of drug-likeness (QED) is 0.838. The molecule has 0 fully saturated rings. The molecule has 0 spiro atoms. The van der Waals surface area contributed by atoms with Crippen LogP contribution in [0, 0.1) is 13.8 Å². The van der Waals surface area contributed by atoms with Crippen molar-refractivity contribution in [2.75, 3.05) is 26.7 Å². The molecule has 2 heterocycles. The van der Waals surface area contributed by atoms with Gasteiger partial charge in [0.2, 0.25) is 0 Å². The number of amides is 1. The van der Waals surface area contributed by atoms with Crippen LogP contribution in [0.1, 0.15) is 28.8 Å². The van der Waals surface area contributed by atoms with Crippen molar-refractivity contribution in [1.29, 1.82) is 0 Å². The van der Waals surface area contributed by atoms with Crippen molar-refractivity contribution in [2.45, 2.75) is 20.8 Å². The molecular formula is C15H24N6O. The van der Waals surface area contributed by atoms with Crippen molar-refractivity contribution in [1.82, 2.24) is 30.2 Å². The minimum absolute atomic E-state index is 0.137. The molecule has 22 heavy (non-hydrogen) atoms. The summed E-state index contributed by atoms with van der Waals surface area (Å²) in [6, 6.07) is 1.77. The molecule has 0 aliphatic rings.